The number of methoxy groups -OCH3 is 1. The zero-order valence-electron chi connectivity index (χ0n) is 11.6. The second-order valence-electron chi connectivity index (χ2n) is 4.36. The van der Waals surface area contributed by atoms with Crippen LogP contribution in [-0.4, -0.2) is 20.5 Å². The van der Waals surface area contributed by atoms with Crippen LogP contribution in [0.3, 0.4) is 0 Å². The fourth-order valence-electron chi connectivity index (χ4n) is 1.85. The lowest BCUT2D eigenvalue weighted by Gasteiger charge is -2.10. The van der Waals surface area contributed by atoms with Gasteiger partial charge in [-0.2, -0.15) is 0 Å². The summed E-state index contributed by atoms with van der Waals surface area (Å²) >= 11 is 0. The number of hydrogen-bond acceptors (Lipinski definition) is 5. The van der Waals surface area contributed by atoms with Crippen molar-refractivity contribution in [1.82, 2.24) is 9.71 Å². The van der Waals surface area contributed by atoms with Crippen molar-refractivity contribution in [3.8, 4) is 5.75 Å². The van der Waals surface area contributed by atoms with Crippen LogP contribution in [0.2, 0.25) is 0 Å². The first-order valence-electron chi connectivity index (χ1n) is 6.32. The molecule has 21 heavy (non-hydrogen) atoms. The number of hydrogen-bond donors (Lipinski definition) is 2. The van der Waals surface area contributed by atoms with Gasteiger partial charge in [-0.15, -0.1) is 0 Å². The van der Waals surface area contributed by atoms with Gasteiger partial charge in [-0.1, -0.05) is 6.07 Å². The van der Waals surface area contributed by atoms with E-state index in [1.807, 2.05) is 0 Å². The molecule has 2 aromatic rings. The van der Waals surface area contributed by atoms with Crippen LogP contribution in [0, 0.1) is 0 Å². The monoisotopic (exact) mass is 307 g/mol. The summed E-state index contributed by atoms with van der Waals surface area (Å²) in [4.78, 5) is 4.10. The molecular weight excluding hydrogens is 290 g/mol. The van der Waals surface area contributed by atoms with Crippen molar-refractivity contribution in [3.63, 3.8) is 0 Å². The lowest BCUT2D eigenvalue weighted by atomic mass is 10.2. The molecule has 1 heterocycles. The molecule has 3 N–H and O–H groups in total. The van der Waals surface area contributed by atoms with E-state index in [1.165, 1.54) is 19.2 Å². The number of nitrogens with zero attached hydrogens (tertiary/aromatic N) is 1. The van der Waals surface area contributed by atoms with Crippen molar-refractivity contribution < 1.29 is 13.2 Å². The molecule has 0 amide bonds. The number of benzene rings is 1. The number of rotatable bonds is 6. The van der Waals surface area contributed by atoms with Crippen molar-refractivity contribution in [2.24, 2.45) is 5.73 Å². The highest BCUT2D eigenvalue weighted by atomic mass is 32.2. The molecule has 0 spiro atoms. The molecule has 7 heteroatoms. The molecule has 0 aliphatic rings. The Morgan fingerprint density at radius 1 is 1.33 bits per heavy atom. The highest BCUT2D eigenvalue weighted by Crippen LogP contribution is 2.22. The van der Waals surface area contributed by atoms with Crippen LogP contribution < -0.4 is 15.2 Å². The number of sulfonamides is 1. The summed E-state index contributed by atoms with van der Waals surface area (Å²) in [6.07, 6.45) is 3.25. The minimum atomic E-state index is -3.60. The van der Waals surface area contributed by atoms with Gasteiger partial charge in [0.25, 0.3) is 0 Å². The second kappa shape index (κ2) is 6.66. The zero-order chi connectivity index (χ0) is 15.3. The average Bonchev–Trinajstić information content (AvgIpc) is 2.53. The number of nitrogens with two attached hydrogens (primary N) is 1. The van der Waals surface area contributed by atoms with Crippen molar-refractivity contribution >= 4 is 10.0 Å². The highest BCUT2D eigenvalue weighted by molar-refractivity contribution is 7.89. The smallest absolute Gasteiger partial charge is 0.240 e. The summed E-state index contributed by atoms with van der Waals surface area (Å²) in [6.45, 7) is 0.384. The van der Waals surface area contributed by atoms with Crippen molar-refractivity contribution in [2.75, 3.05) is 7.11 Å². The van der Waals surface area contributed by atoms with Gasteiger partial charge in [0, 0.05) is 31.0 Å². The third-order valence-electron chi connectivity index (χ3n) is 2.97. The normalized spacial score (nSPS) is 11.3. The fourth-order valence-corrected chi connectivity index (χ4v) is 2.91. The second-order valence-corrected chi connectivity index (χ2v) is 6.13. The summed E-state index contributed by atoms with van der Waals surface area (Å²) < 4.78 is 32.2. The number of ether oxygens (including phenoxy) is 1. The van der Waals surface area contributed by atoms with E-state index in [0.29, 0.717) is 11.3 Å². The Kier molecular flexibility index (Phi) is 4.89. The predicted molar refractivity (Wildman–Crippen MR) is 79.1 cm³/mol. The van der Waals surface area contributed by atoms with E-state index in [0.717, 1.165) is 5.56 Å². The molecule has 0 aliphatic carbocycles. The molecule has 0 unspecified atom stereocenters. The van der Waals surface area contributed by atoms with E-state index in [4.69, 9.17) is 10.5 Å². The highest BCUT2D eigenvalue weighted by Gasteiger charge is 2.15. The van der Waals surface area contributed by atoms with Gasteiger partial charge in [0.05, 0.1) is 12.0 Å². The molecule has 2 rings (SSSR count). The molecule has 0 saturated carbocycles. The molecule has 0 atom stereocenters. The van der Waals surface area contributed by atoms with Crippen LogP contribution in [0.15, 0.2) is 47.6 Å². The van der Waals surface area contributed by atoms with Crippen LogP contribution >= 0.6 is 0 Å². The summed E-state index contributed by atoms with van der Waals surface area (Å²) in [6, 6.07) is 8.16. The third kappa shape index (κ3) is 3.78. The maximum Gasteiger partial charge on any atom is 0.240 e. The van der Waals surface area contributed by atoms with Gasteiger partial charge < -0.3 is 10.5 Å². The molecule has 6 nitrogen and oxygen atoms in total. The van der Waals surface area contributed by atoms with Gasteiger partial charge >= 0.3 is 0 Å². The molecule has 0 aliphatic heterocycles. The molecular formula is C14H17N3O3S. The van der Waals surface area contributed by atoms with Gasteiger partial charge in [0.1, 0.15) is 5.75 Å². The van der Waals surface area contributed by atoms with Crippen molar-refractivity contribution in [3.05, 3.63) is 53.9 Å². The molecule has 112 valence electrons. The van der Waals surface area contributed by atoms with Gasteiger partial charge in [0.2, 0.25) is 10.0 Å². The first kappa shape index (κ1) is 15.4. The number of nitrogens with one attached hydrogen (secondary N) is 1. The van der Waals surface area contributed by atoms with Crippen molar-refractivity contribution in [2.45, 2.75) is 18.0 Å². The average molecular weight is 307 g/mol. The molecule has 0 fully saturated rings. The topological polar surface area (TPSA) is 94.3 Å². The zero-order valence-corrected chi connectivity index (χ0v) is 12.4. The lowest BCUT2D eigenvalue weighted by Crippen LogP contribution is -2.23. The van der Waals surface area contributed by atoms with E-state index < -0.39 is 10.0 Å². The minimum Gasteiger partial charge on any atom is -0.496 e. The van der Waals surface area contributed by atoms with Gasteiger partial charge in [-0.05, 0) is 29.8 Å². The van der Waals surface area contributed by atoms with Crippen LogP contribution in [0.25, 0.3) is 0 Å². The standard InChI is InChI=1S/C14H17N3O3S/c1-20-14-5-4-13(7-12(14)8-15)21(18,19)17-10-11-3-2-6-16-9-11/h2-7,9,17H,8,10,15H2,1H3. The Morgan fingerprint density at radius 2 is 2.14 bits per heavy atom. The quantitative estimate of drug-likeness (QED) is 0.831. The first-order chi connectivity index (χ1) is 10.1. The minimum absolute atomic E-state index is 0.160. The molecule has 1 aromatic heterocycles. The van der Waals surface area contributed by atoms with E-state index in [9.17, 15) is 8.42 Å². The lowest BCUT2D eigenvalue weighted by molar-refractivity contribution is 0.409. The van der Waals surface area contributed by atoms with Crippen LogP contribution in [0.1, 0.15) is 11.1 Å². The molecule has 0 bridgehead atoms. The summed E-state index contributed by atoms with van der Waals surface area (Å²) in [5.74, 6) is 0.573. The largest absolute Gasteiger partial charge is 0.496 e. The molecule has 0 saturated heterocycles. The number of pyridine rings is 1. The summed E-state index contributed by atoms with van der Waals surface area (Å²) in [7, 11) is -2.09. The Labute approximate surface area is 124 Å². The van der Waals surface area contributed by atoms with Crippen LogP contribution in [0.4, 0.5) is 0 Å². The Morgan fingerprint density at radius 3 is 2.76 bits per heavy atom. The SMILES string of the molecule is COc1ccc(S(=O)(=O)NCc2cccnc2)cc1CN. The van der Waals surface area contributed by atoms with Crippen LogP contribution in [0.5, 0.6) is 5.75 Å². The van der Waals surface area contributed by atoms with E-state index in [-0.39, 0.29) is 18.0 Å². The molecule has 1 aromatic carbocycles. The van der Waals surface area contributed by atoms with Crippen LogP contribution in [-0.2, 0) is 23.1 Å². The third-order valence-corrected chi connectivity index (χ3v) is 4.37. The summed E-state index contributed by atoms with van der Waals surface area (Å²) in [5, 5.41) is 0. The predicted octanol–water partition coefficient (Wildman–Crippen LogP) is 1.03. The van der Waals surface area contributed by atoms with E-state index in [2.05, 4.69) is 9.71 Å². The van der Waals surface area contributed by atoms with Gasteiger partial charge in [-0.25, -0.2) is 13.1 Å². The first-order valence-corrected chi connectivity index (χ1v) is 7.80. The fraction of sp³-hybridized carbons (Fsp3) is 0.214. The summed E-state index contributed by atoms with van der Waals surface area (Å²) in [5.41, 5.74) is 7.03. The van der Waals surface area contributed by atoms with E-state index in [1.54, 1.807) is 30.6 Å². The Bertz CT molecular complexity index is 703. The maximum atomic E-state index is 12.3. The maximum absolute atomic E-state index is 12.3. The van der Waals surface area contributed by atoms with Gasteiger partial charge in [-0.3, -0.25) is 4.98 Å². The van der Waals surface area contributed by atoms with Gasteiger partial charge in [0.15, 0.2) is 0 Å². The number of aromatic nitrogens is 1. The Balaban J connectivity index is 2.19. The van der Waals surface area contributed by atoms with Crippen molar-refractivity contribution in [1.29, 1.82) is 0 Å². The van der Waals surface area contributed by atoms with E-state index >= 15 is 0 Å². The Hall–Kier alpha value is -1.96. The molecule has 0 radical (unpaired) electrons.